The van der Waals surface area contributed by atoms with Crippen LogP contribution in [-0.4, -0.2) is 31.7 Å². The number of ether oxygens (including phenoxy) is 2. The highest BCUT2D eigenvalue weighted by Gasteiger charge is 2.18. The standard InChI is InChI=1S/C12H13NO5/c1-3-18-12(16)13-10(14)8-6-4-5-7-9(8)11(15)17-2/h4-7H,3H2,1-2H3,(H,13,14,16). The van der Waals surface area contributed by atoms with Gasteiger partial charge in [-0.25, -0.2) is 9.59 Å². The number of methoxy groups -OCH3 is 1. The molecule has 0 aliphatic rings. The zero-order valence-electron chi connectivity index (χ0n) is 10.1. The van der Waals surface area contributed by atoms with Gasteiger partial charge < -0.3 is 9.47 Å². The van der Waals surface area contributed by atoms with E-state index in [1.54, 1.807) is 19.1 Å². The van der Waals surface area contributed by atoms with E-state index in [0.29, 0.717) is 0 Å². The Morgan fingerprint density at radius 2 is 1.78 bits per heavy atom. The number of carbonyl (C=O) groups is 3. The smallest absolute Gasteiger partial charge is 0.414 e. The summed E-state index contributed by atoms with van der Waals surface area (Å²) in [6.45, 7) is 1.77. The third kappa shape index (κ3) is 3.31. The molecule has 1 aromatic rings. The lowest BCUT2D eigenvalue weighted by Gasteiger charge is -2.07. The second-order valence-corrected chi connectivity index (χ2v) is 3.21. The molecular weight excluding hydrogens is 238 g/mol. The summed E-state index contributed by atoms with van der Waals surface area (Å²) >= 11 is 0. The van der Waals surface area contributed by atoms with E-state index in [1.807, 2.05) is 5.32 Å². The molecule has 0 saturated carbocycles. The number of amides is 2. The molecule has 0 saturated heterocycles. The van der Waals surface area contributed by atoms with Crippen molar-refractivity contribution in [2.45, 2.75) is 6.92 Å². The minimum atomic E-state index is -0.859. The lowest BCUT2D eigenvalue weighted by molar-refractivity contribution is 0.0595. The molecule has 6 heteroatoms. The molecule has 0 spiro atoms. The van der Waals surface area contributed by atoms with Crippen LogP contribution in [0.4, 0.5) is 4.79 Å². The molecule has 1 rings (SSSR count). The number of esters is 1. The van der Waals surface area contributed by atoms with Gasteiger partial charge in [0.25, 0.3) is 5.91 Å². The third-order valence-electron chi connectivity index (χ3n) is 2.07. The van der Waals surface area contributed by atoms with E-state index in [9.17, 15) is 14.4 Å². The Morgan fingerprint density at radius 3 is 2.33 bits per heavy atom. The maximum absolute atomic E-state index is 11.8. The fourth-order valence-corrected chi connectivity index (χ4v) is 1.30. The van der Waals surface area contributed by atoms with Crippen LogP contribution in [0.5, 0.6) is 0 Å². The van der Waals surface area contributed by atoms with Crippen molar-refractivity contribution >= 4 is 18.0 Å². The zero-order chi connectivity index (χ0) is 13.5. The van der Waals surface area contributed by atoms with Gasteiger partial charge in [0.05, 0.1) is 24.8 Å². The summed E-state index contributed by atoms with van der Waals surface area (Å²) in [5, 5.41) is 2.01. The molecule has 0 atom stereocenters. The molecule has 6 nitrogen and oxygen atoms in total. The SMILES string of the molecule is CCOC(=O)NC(=O)c1ccccc1C(=O)OC. The molecule has 0 bridgehead atoms. The first-order valence-corrected chi connectivity index (χ1v) is 5.25. The third-order valence-corrected chi connectivity index (χ3v) is 2.07. The first-order valence-electron chi connectivity index (χ1n) is 5.25. The van der Waals surface area contributed by atoms with Crippen molar-refractivity contribution in [2.24, 2.45) is 0 Å². The molecule has 1 aromatic carbocycles. The molecule has 18 heavy (non-hydrogen) atoms. The van der Waals surface area contributed by atoms with E-state index in [0.717, 1.165) is 0 Å². The van der Waals surface area contributed by atoms with Crippen molar-refractivity contribution in [3.8, 4) is 0 Å². The molecular formula is C12H13NO5. The Bertz CT molecular complexity index is 469. The molecule has 0 heterocycles. The number of hydrogen-bond donors (Lipinski definition) is 1. The van der Waals surface area contributed by atoms with Gasteiger partial charge in [0.15, 0.2) is 0 Å². The molecule has 0 aliphatic heterocycles. The highest BCUT2D eigenvalue weighted by molar-refractivity contribution is 6.09. The summed E-state index contributed by atoms with van der Waals surface area (Å²) in [4.78, 5) is 34.3. The van der Waals surface area contributed by atoms with Crippen LogP contribution < -0.4 is 5.32 Å². The number of benzene rings is 1. The minimum Gasteiger partial charge on any atom is -0.465 e. The predicted molar refractivity (Wildman–Crippen MR) is 62.3 cm³/mol. The lowest BCUT2D eigenvalue weighted by atomic mass is 10.1. The van der Waals surface area contributed by atoms with Crippen LogP contribution in [0.1, 0.15) is 27.6 Å². The highest BCUT2D eigenvalue weighted by atomic mass is 16.5. The fraction of sp³-hybridized carbons (Fsp3) is 0.250. The maximum atomic E-state index is 11.8. The Hall–Kier alpha value is -2.37. The van der Waals surface area contributed by atoms with Crippen molar-refractivity contribution in [1.29, 1.82) is 0 Å². The number of carbonyl (C=O) groups excluding carboxylic acids is 3. The van der Waals surface area contributed by atoms with Crippen molar-refractivity contribution < 1.29 is 23.9 Å². The number of rotatable bonds is 3. The highest BCUT2D eigenvalue weighted by Crippen LogP contribution is 2.10. The minimum absolute atomic E-state index is 0.0532. The summed E-state index contributed by atoms with van der Waals surface area (Å²) in [6, 6.07) is 6.02. The summed E-state index contributed by atoms with van der Waals surface area (Å²) in [5.74, 6) is -1.36. The van der Waals surface area contributed by atoms with Gasteiger partial charge in [0.1, 0.15) is 0 Å². The van der Waals surface area contributed by atoms with Gasteiger partial charge in [-0.2, -0.15) is 0 Å². The van der Waals surface area contributed by atoms with Gasteiger partial charge in [-0.3, -0.25) is 10.1 Å². The summed E-state index contributed by atoms with van der Waals surface area (Å²) in [6.07, 6.45) is -0.859. The van der Waals surface area contributed by atoms with Gasteiger partial charge in [0.2, 0.25) is 0 Å². The van der Waals surface area contributed by atoms with E-state index < -0.39 is 18.0 Å². The fourth-order valence-electron chi connectivity index (χ4n) is 1.30. The molecule has 0 fully saturated rings. The van der Waals surface area contributed by atoms with Gasteiger partial charge in [0, 0.05) is 0 Å². The van der Waals surface area contributed by atoms with Gasteiger partial charge in [-0.1, -0.05) is 12.1 Å². The molecule has 0 aromatic heterocycles. The summed E-state index contributed by atoms with van der Waals surface area (Å²) in [7, 11) is 1.21. The van der Waals surface area contributed by atoms with Crippen LogP contribution in [0, 0.1) is 0 Å². The van der Waals surface area contributed by atoms with Crippen molar-refractivity contribution in [1.82, 2.24) is 5.32 Å². The number of alkyl carbamates (subject to hydrolysis) is 1. The van der Waals surface area contributed by atoms with Crippen LogP contribution in [-0.2, 0) is 9.47 Å². The van der Waals surface area contributed by atoms with Crippen molar-refractivity contribution in [3.05, 3.63) is 35.4 Å². The van der Waals surface area contributed by atoms with Crippen LogP contribution in [0.3, 0.4) is 0 Å². The van der Waals surface area contributed by atoms with Crippen LogP contribution >= 0.6 is 0 Å². The zero-order valence-corrected chi connectivity index (χ0v) is 10.1. The van der Waals surface area contributed by atoms with Crippen LogP contribution in [0.25, 0.3) is 0 Å². The lowest BCUT2D eigenvalue weighted by Crippen LogP contribution is -2.32. The Balaban J connectivity index is 2.92. The van der Waals surface area contributed by atoms with E-state index in [4.69, 9.17) is 0 Å². The number of imide groups is 1. The summed E-state index contributed by atoms with van der Waals surface area (Å²) in [5.41, 5.74) is 0.138. The second-order valence-electron chi connectivity index (χ2n) is 3.21. The molecule has 1 N–H and O–H groups in total. The first-order chi connectivity index (χ1) is 8.60. The van der Waals surface area contributed by atoms with Crippen molar-refractivity contribution in [2.75, 3.05) is 13.7 Å². The average molecular weight is 251 g/mol. The van der Waals surface area contributed by atoms with Crippen molar-refractivity contribution in [3.63, 3.8) is 0 Å². The number of hydrogen-bond acceptors (Lipinski definition) is 5. The Kier molecular flexibility index (Phi) is 4.86. The van der Waals surface area contributed by atoms with E-state index in [2.05, 4.69) is 9.47 Å². The molecule has 0 radical (unpaired) electrons. The Morgan fingerprint density at radius 1 is 1.17 bits per heavy atom. The molecule has 0 aliphatic carbocycles. The molecule has 2 amide bonds. The largest absolute Gasteiger partial charge is 0.465 e. The van der Waals surface area contributed by atoms with Gasteiger partial charge in [-0.05, 0) is 19.1 Å². The van der Waals surface area contributed by atoms with E-state index in [-0.39, 0.29) is 17.7 Å². The van der Waals surface area contributed by atoms with E-state index in [1.165, 1.54) is 19.2 Å². The monoisotopic (exact) mass is 251 g/mol. The van der Waals surface area contributed by atoms with Gasteiger partial charge in [-0.15, -0.1) is 0 Å². The Labute approximate surface area is 104 Å². The van der Waals surface area contributed by atoms with E-state index >= 15 is 0 Å². The molecule has 0 unspecified atom stereocenters. The summed E-state index contributed by atoms with van der Waals surface area (Å²) < 4.78 is 9.12. The maximum Gasteiger partial charge on any atom is 0.414 e. The topological polar surface area (TPSA) is 81.7 Å². The van der Waals surface area contributed by atoms with Crippen LogP contribution in [0.15, 0.2) is 24.3 Å². The normalized spacial score (nSPS) is 9.44. The number of nitrogens with one attached hydrogen (secondary N) is 1. The quantitative estimate of drug-likeness (QED) is 0.820. The van der Waals surface area contributed by atoms with Crippen LogP contribution in [0.2, 0.25) is 0 Å². The van der Waals surface area contributed by atoms with Gasteiger partial charge >= 0.3 is 12.1 Å². The predicted octanol–water partition coefficient (Wildman–Crippen LogP) is 1.36. The first kappa shape index (κ1) is 13.7. The molecule has 96 valence electrons. The average Bonchev–Trinajstić information content (AvgIpc) is 2.38. The second kappa shape index (κ2) is 6.39.